The maximum absolute atomic E-state index is 13.2. The van der Waals surface area contributed by atoms with E-state index < -0.39 is 10.0 Å². The molecule has 0 radical (unpaired) electrons. The number of pyridine rings is 1. The molecule has 9 nitrogen and oxygen atoms in total. The number of para-hydroxylation sites is 1. The standard InChI is InChI=1S/C21H26N4O5S/c1-31(28,29)22-13-20(26)25-7-6-15(14-25)19-12-17(16-4-2-3-5-18(16)23-19)21(27)24-8-10-30-11-9-24/h2-5,12,15,22H,6-11,13-14H2,1H3. The summed E-state index contributed by atoms with van der Waals surface area (Å²) in [6.07, 6.45) is 1.74. The van der Waals surface area contributed by atoms with Gasteiger partial charge in [0.15, 0.2) is 0 Å². The normalized spacial score (nSPS) is 19.7. The third kappa shape index (κ3) is 5.03. The highest BCUT2D eigenvalue weighted by atomic mass is 32.2. The van der Waals surface area contributed by atoms with Crippen molar-refractivity contribution in [3.8, 4) is 0 Å². The number of rotatable bonds is 5. The molecule has 0 bridgehead atoms. The summed E-state index contributed by atoms with van der Waals surface area (Å²) in [6, 6.07) is 9.44. The highest BCUT2D eigenvalue weighted by Gasteiger charge is 2.30. The zero-order valence-corrected chi connectivity index (χ0v) is 18.2. The SMILES string of the molecule is CS(=O)(=O)NCC(=O)N1CCC(c2cc(C(=O)N3CCOCC3)c3ccccc3n2)C1. The number of ether oxygens (including phenoxy) is 1. The molecule has 4 rings (SSSR count). The minimum Gasteiger partial charge on any atom is -0.378 e. The highest BCUT2D eigenvalue weighted by molar-refractivity contribution is 7.88. The van der Waals surface area contributed by atoms with E-state index in [1.165, 1.54) is 0 Å². The number of likely N-dealkylation sites (tertiary alicyclic amines) is 1. The molecule has 2 fully saturated rings. The first kappa shape index (κ1) is 21.7. The fourth-order valence-corrected chi connectivity index (χ4v) is 4.44. The van der Waals surface area contributed by atoms with Crippen LogP contribution in [0.1, 0.15) is 28.4 Å². The van der Waals surface area contributed by atoms with Crippen molar-refractivity contribution in [3.05, 3.63) is 41.6 Å². The Morgan fingerprint density at radius 3 is 2.65 bits per heavy atom. The van der Waals surface area contributed by atoms with E-state index >= 15 is 0 Å². The first-order valence-electron chi connectivity index (χ1n) is 10.3. The van der Waals surface area contributed by atoms with Gasteiger partial charge in [0, 0.05) is 43.2 Å². The molecule has 1 aromatic heterocycles. The van der Waals surface area contributed by atoms with Gasteiger partial charge in [0.1, 0.15) is 0 Å². The lowest BCUT2D eigenvalue weighted by atomic mass is 9.99. The number of benzene rings is 1. The second-order valence-corrected chi connectivity index (χ2v) is 9.77. The predicted molar refractivity (Wildman–Crippen MR) is 115 cm³/mol. The summed E-state index contributed by atoms with van der Waals surface area (Å²) < 4.78 is 30.1. The van der Waals surface area contributed by atoms with Gasteiger partial charge in [-0.3, -0.25) is 14.6 Å². The molecule has 0 spiro atoms. The molecule has 2 aromatic rings. The lowest BCUT2D eigenvalue weighted by Gasteiger charge is -2.27. The molecule has 2 aliphatic rings. The number of morpholine rings is 1. The van der Waals surface area contributed by atoms with Crippen molar-refractivity contribution >= 4 is 32.7 Å². The molecular weight excluding hydrogens is 420 g/mol. The van der Waals surface area contributed by atoms with Crippen LogP contribution < -0.4 is 4.72 Å². The summed E-state index contributed by atoms with van der Waals surface area (Å²) in [5.74, 6) is -0.312. The molecule has 1 aromatic carbocycles. The van der Waals surface area contributed by atoms with Crippen molar-refractivity contribution in [2.45, 2.75) is 12.3 Å². The van der Waals surface area contributed by atoms with Crippen LogP contribution in [0.25, 0.3) is 10.9 Å². The summed E-state index contributed by atoms with van der Waals surface area (Å²) in [7, 11) is -3.43. The topological polar surface area (TPSA) is 109 Å². The third-order valence-electron chi connectivity index (χ3n) is 5.71. The van der Waals surface area contributed by atoms with Gasteiger partial charge in [-0.2, -0.15) is 0 Å². The van der Waals surface area contributed by atoms with E-state index in [1.807, 2.05) is 30.3 Å². The molecular formula is C21H26N4O5S. The molecule has 2 aliphatic heterocycles. The average Bonchev–Trinajstić information content (AvgIpc) is 3.27. The molecule has 3 heterocycles. The van der Waals surface area contributed by atoms with Crippen LogP contribution in [0.15, 0.2) is 30.3 Å². The number of carbonyl (C=O) groups is 2. The zero-order valence-electron chi connectivity index (χ0n) is 17.4. The van der Waals surface area contributed by atoms with Gasteiger partial charge in [0.2, 0.25) is 15.9 Å². The number of fused-ring (bicyclic) bond motifs is 1. The van der Waals surface area contributed by atoms with Gasteiger partial charge in [0.25, 0.3) is 5.91 Å². The number of amides is 2. The molecule has 1 atom stereocenters. The molecule has 2 amide bonds. The number of aromatic nitrogens is 1. The van der Waals surface area contributed by atoms with E-state index in [-0.39, 0.29) is 24.3 Å². The minimum absolute atomic E-state index is 0.0111. The predicted octanol–water partition coefficient (Wildman–Crippen LogP) is 0.572. The summed E-state index contributed by atoms with van der Waals surface area (Å²) in [5.41, 5.74) is 2.15. The van der Waals surface area contributed by atoms with Crippen LogP contribution in [0, 0.1) is 0 Å². The Bertz CT molecular complexity index is 1100. The fourth-order valence-electron chi connectivity index (χ4n) is 4.05. The molecule has 31 heavy (non-hydrogen) atoms. The summed E-state index contributed by atoms with van der Waals surface area (Å²) >= 11 is 0. The van der Waals surface area contributed by atoms with Crippen molar-refractivity contribution in [1.82, 2.24) is 19.5 Å². The maximum Gasteiger partial charge on any atom is 0.254 e. The van der Waals surface area contributed by atoms with Gasteiger partial charge < -0.3 is 14.5 Å². The quantitative estimate of drug-likeness (QED) is 0.719. The molecule has 1 unspecified atom stereocenters. The zero-order chi connectivity index (χ0) is 22.0. The van der Waals surface area contributed by atoms with Crippen LogP contribution in [0.3, 0.4) is 0 Å². The van der Waals surface area contributed by atoms with Gasteiger partial charge >= 0.3 is 0 Å². The van der Waals surface area contributed by atoms with Gasteiger partial charge in [-0.25, -0.2) is 13.1 Å². The number of carbonyl (C=O) groups excluding carboxylic acids is 2. The minimum atomic E-state index is -3.43. The molecule has 166 valence electrons. The third-order valence-corrected chi connectivity index (χ3v) is 6.38. The molecule has 10 heteroatoms. The Morgan fingerprint density at radius 2 is 1.90 bits per heavy atom. The monoisotopic (exact) mass is 446 g/mol. The van der Waals surface area contributed by atoms with Crippen LogP contribution in [0.5, 0.6) is 0 Å². The van der Waals surface area contributed by atoms with E-state index in [0.717, 1.165) is 22.9 Å². The van der Waals surface area contributed by atoms with Crippen LogP contribution in [0.2, 0.25) is 0 Å². The van der Waals surface area contributed by atoms with Crippen LogP contribution >= 0.6 is 0 Å². The Morgan fingerprint density at radius 1 is 1.16 bits per heavy atom. The number of sulfonamides is 1. The van der Waals surface area contributed by atoms with Crippen LogP contribution in [0.4, 0.5) is 0 Å². The van der Waals surface area contributed by atoms with Gasteiger partial charge in [-0.15, -0.1) is 0 Å². The lowest BCUT2D eigenvalue weighted by Crippen LogP contribution is -2.40. The Hall–Kier alpha value is -2.56. The molecule has 2 saturated heterocycles. The smallest absolute Gasteiger partial charge is 0.254 e. The van der Waals surface area contributed by atoms with Crippen LogP contribution in [-0.2, 0) is 19.6 Å². The maximum atomic E-state index is 13.2. The number of hydrogen-bond acceptors (Lipinski definition) is 6. The Kier molecular flexibility index (Phi) is 6.22. The van der Waals surface area contributed by atoms with Crippen molar-refractivity contribution in [2.24, 2.45) is 0 Å². The largest absolute Gasteiger partial charge is 0.378 e. The van der Waals surface area contributed by atoms with Crippen molar-refractivity contribution in [2.75, 3.05) is 52.2 Å². The van der Waals surface area contributed by atoms with Crippen LogP contribution in [-0.4, -0.2) is 87.2 Å². The van der Waals surface area contributed by atoms with E-state index in [4.69, 9.17) is 9.72 Å². The molecule has 0 aliphatic carbocycles. The van der Waals surface area contributed by atoms with E-state index in [9.17, 15) is 18.0 Å². The van der Waals surface area contributed by atoms with Crippen molar-refractivity contribution in [3.63, 3.8) is 0 Å². The summed E-state index contributed by atoms with van der Waals surface area (Å²) in [5, 5.41) is 0.811. The van der Waals surface area contributed by atoms with E-state index in [2.05, 4.69) is 4.72 Å². The van der Waals surface area contributed by atoms with Gasteiger partial charge in [0.05, 0.1) is 37.1 Å². The lowest BCUT2D eigenvalue weighted by molar-refractivity contribution is -0.128. The van der Waals surface area contributed by atoms with Crippen molar-refractivity contribution < 1.29 is 22.7 Å². The van der Waals surface area contributed by atoms with E-state index in [0.29, 0.717) is 51.4 Å². The number of nitrogens with zero attached hydrogens (tertiary/aromatic N) is 3. The molecule has 1 N–H and O–H groups in total. The molecule has 0 saturated carbocycles. The Labute approximate surface area is 181 Å². The van der Waals surface area contributed by atoms with Gasteiger partial charge in [-0.05, 0) is 18.6 Å². The second-order valence-electron chi connectivity index (χ2n) is 7.94. The van der Waals surface area contributed by atoms with Gasteiger partial charge in [-0.1, -0.05) is 18.2 Å². The number of nitrogens with one attached hydrogen (secondary N) is 1. The van der Waals surface area contributed by atoms with E-state index in [1.54, 1.807) is 9.80 Å². The Balaban J connectivity index is 1.57. The second kappa shape index (κ2) is 8.89. The first-order chi connectivity index (χ1) is 14.8. The van der Waals surface area contributed by atoms with Crippen molar-refractivity contribution in [1.29, 1.82) is 0 Å². The summed E-state index contributed by atoms with van der Waals surface area (Å²) in [4.78, 5) is 33.8. The first-order valence-corrected chi connectivity index (χ1v) is 12.2. The number of hydrogen-bond donors (Lipinski definition) is 1. The summed E-state index contributed by atoms with van der Waals surface area (Å²) in [6.45, 7) is 2.90. The average molecular weight is 447 g/mol. The highest BCUT2D eigenvalue weighted by Crippen LogP contribution is 2.30. The fraction of sp³-hybridized carbons (Fsp3) is 0.476.